The molecule has 0 radical (unpaired) electrons. The predicted molar refractivity (Wildman–Crippen MR) is 217 cm³/mol. The van der Waals surface area contributed by atoms with Gasteiger partial charge in [-0.25, -0.2) is 15.0 Å². The van der Waals surface area contributed by atoms with Crippen molar-refractivity contribution in [1.82, 2.24) is 15.0 Å². The molecule has 0 spiro atoms. The maximum atomic E-state index is 6.74. The molecule has 2 heterocycles. The van der Waals surface area contributed by atoms with Crippen LogP contribution in [0.2, 0.25) is 0 Å². The number of furan rings is 1. The van der Waals surface area contributed by atoms with E-state index in [1.807, 2.05) is 36.4 Å². The number of rotatable bonds is 6. The number of hydrogen-bond acceptors (Lipinski definition) is 4. The van der Waals surface area contributed by atoms with Gasteiger partial charge >= 0.3 is 0 Å². The lowest BCUT2D eigenvalue weighted by atomic mass is 9.93. The molecule has 0 aliphatic carbocycles. The zero-order valence-corrected chi connectivity index (χ0v) is 28.6. The van der Waals surface area contributed by atoms with Crippen LogP contribution >= 0.6 is 0 Å². The Morgan fingerprint density at radius 1 is 0.283 bits per heavy atom. The predicted octanol–water partition coefficient (Wildman–Crippen LogP) is 12.9. The molecule has 0 aliphatic rings. The SMILES string of the molecule is c1ccc(-c2cccc(-c3nc(-c4ccccc4)nc(-c4ccc5c(c4)oc4c6ccccc6c(-c6cccc(-c7ccccc7)c6)cc54)n3)c2)cc1. The standard InChI is InChI=1S/C49H31N3O/c1-4-14-32(15-5-1)35-20-12-22-37(28-35)43-31-44-41-27-26-39(30-45(41)53-46(44)42-25-11-10-24-40(42)43)49-51-47(34-18-8-3-9-19-34)50-48(52-49)38-23-13-21-36(29-38)33-16-6-2-7-17-33/h1-31H. The van der Waals surface area contributed by atoms with Gasteiger partial charge in [-0.3, -0.25) is 0 Å². The molecule has 0 unspecified atom stereocenters. The summed E-state index contributed by atoms with van der Waals surface area (Å²) in [5, 5.41) is 4.35. The van der Waals surface area contributed by atoms with Gasteiger partial charge in [-0.1, -0.05) is 158 Å². The summed E-state index contributed by atoms with van der Waals surface area (Å²) < 4.78 is 6.74. The minimum atomic E-state index is 0.588. The number of benzene rings is 8. The highest BCUT2D eigenvalue weighted by atomic mass is 16.3. The van der Waals surface area contributed by atoms with Crippen molar-refractivity contribution in [3.63, 3.8) is 0 Å². The van der Waals surface area contributed by atoms with Crippen molar-refractivity contribution in [1.29, 1.82) is 0 Å². The zero-order valence-electron chi connectivity index (χ0n) is 28.6. The summed E-state index contributed by atoms with van der Waals surface area (Å²) in [5.74, 6) is 1.82. The first-order valence-electron chi connectivity index (χ1n) is 17.8. The first-order valence-corrected chi connectivity index (χ1v) is 17.8. The number of nitrogens with zero attached hydrogens (tertiary/aromatic N) is 3. The van der Waals surface area contributed by atoms with Crippen LogP contribution in [-0.2, 0) is 0 Å². The molecule has 0 bridgehead atoms. The summed E-state index contributed by atoms with van der Waals surface area (Å²) in [6, 6.07) is 65.2. The molecule has 0 saturated heterocycles. The topological polar surface area (TPSA) is 51.8 Å². The minimum absolute atomic E-state index is 0.588. The summed E-state index contributed by atoms with van der Waals surface area (Å²) >= 11 is 0. The molecule has 2 aromatic heterocycles. The minimum Gasteiger partial charge on any atom is -0.455 e. The van der Waals surface area contributed by atoms with E-state index in [4.69, 9.17) is 19.4 Å². The molecule has 8 aromatic carbocycles. The van der Waals surface area contributed by atoms with Crippen LogP contribution in [-0.4, -0.2) is 15.0 Å². The molecular weight excluding hydrogens is 647 g/mol. The third-order valence-corrected chi connectivity index (χ3v) is 9.91. The zero-order chi connectivity index (χ0) is 35.1. The first kappa shape index (κ1) is 30.6. The third kappa shape index (κ3) is 5.63. The van der Waals surface area contributed by atoms with E-state index in [-0.39, 0.29) is 0 Å². The number of aromatic nitrogens is 3. The highest BCUT2D eigenvalue weighted by molar-refractivity contribution is 6.19. The summed E-state index contributed by atoms with van der Waals surface area (Å²) in [4.78, 5) is 15.1. The summed E-state index contributed by atoms with van der Waals surface area (Å²) in [5.41, 5.74) is 11.3. The van der Waals surface area contributed by atoms with Crippen molar-refractivity contribution in [2.24, 2.45) is 0 Å². The Morgan fingerprint density at radius 3 is 1.40 bits per heavy atom. The summed E-state index contributed by atoms with van der Waals surface area (Å²) in [7, 11) is 0. The van der Waals surface area contributed by atoms with Gasteiger partial charge in [0.25, 0.3) is 0 Å². The van der Waals surface area contributed by atoms with Gasteiger partial charge in [0, 0.05) is 32.8 Å². The lowest BCUT2D eigenvalue weighted by molar-refractivity contribution is 0.673. The van der Waals surface area contributed by atoms with Crippen LogP contribution in [0.4, 0.5) is 0 Å². The van der Waals surface area contributed by atoms with E-state index < -0.39 is 0 Å². The molecule has 53 heavy (non-hydrogen) atoms. The second kappa shape index (κ2) is 12.9. The Balaban J connectivity index is 1.12. The van der Waals surface area contributed by atoms with Gasteiger partial charge in [-0.05, 0) is 69.1 Å². The summed E-state index contributed by atoms with van der Waals surface area (Å²) in [6.07, 6.45) is 0. The molecule has 4 nitrogen and oxygen atoms in total. The van der Waals surface area contributed by atoms with Crippen molar-refractivity contribution >= 4 is 32.7 Å². The van der Waals surface area contributed by atoms with Crippen LogP contribution < -0.4 is 0 Å². The second-order valence-corrected chi connectivity index (χ2v) is 13.2. The van der Waals surface area contributed by atoms with E-state index >= 15 is 0 Å². The van der Waals surface area contributed by atoms with Gasteiger partial charge in [-0.15, -0.1) is 0 Å². The Morgan fingerprint density at radius 2 is 0.755 bits per heavy atom. The van der Waals surface area contributed by atoms with Crippen LogP contribution in [0.5, 0.6) is 0 Å². The lowest BCUT2D eigenvalue weighted by Gasteiger charge is -2.10. The molecule has 10 rings (SSSR count). The van der Waals surface area contributed by atoms with Gasteiger partial charge in [0.1, 0.15) is 11.2 Å². The smallest absolute Gasteiger partial charge is 0.164 e. The molecule has 0 saturated carbocycles. The van der Waals surface area contributed by atoms with E-state index in [1.54, 1.807) is 0 Å². The van der Waals surface area contributed by atoms with Crippen LogP contribution in [0.15, 0.2) is 192 Å². The van der Waals surface area contributed by atoms with Crippen molar-refractivity contribution in [3.05, 3.63) is 188 Å². The average Bonchev–Trinajstić information content (AvgIpc) is 3.62. The van der Waals surface area contributed by atoms with Gasteiger partial charge in [0.15, 0.2) is 17.5 Å². The normalized spacial score (nSPS) is 11.4. The molecule has 4 heteroatoms. The monoisotopic (exact) mass is 677 g/mol. The molecule has 248 valence electrons. The maximum absolute atomic E-state index is 6.74. The van der Waals surface area contributed by atoms with E-state index in [1.165, 1.54) is 16.7 Å². The van der Waals surface area contributed by atoms with Crippen molar-refractivity contribution < 1.29 is 4.42 Å². The fourth-order valence-corrected chi connectivity index (χ4v) is 7.29. The largest absolute Gasteiger partial charge is 0.455 e. The van der Waals surface area contributed by atoms with Crippen LogP contribution in [0.25, 0.3) is 100 Å². The molecule has 0 N–H and O–H groups in total. The molecule has 10 aromatic rings. The Kier molecular flexibility index (Phi) is 7.43. The third-order valence-electron chi connectivity index (χ3n) is 9.91. The Labute approximate surface area is 306 Å². The van der Waals surface area contributed by atoms with Crippen molar-refractivity contribution in [2.45, 2.75) is 0 Å². The lowest BCUT2D eigenvalue weighted by Crippen LogP contribution is -2.00. The van der Waals surface area contributed by atoms with Crippen LogP contribution in [0.1, 0.15) is 0 Å². The second-order valence-electron chi connectivity index (χ2n) is 13.2. The molecule has 0 amide bonds. The van der Waals surface area contributed by atoms with Gasteiger partial charge in [0.05, 0.1) is 0 Å². The molecule has 0 fully saturated rings. The van der Waals surface area contributed by atoms with Gasteiger partial charge in [0.2, 0.25) is 0 Å². The number of fused-ring (bicyclic) bond motifs is 5. The Bertz CT molecular complexity index is 2940. The highest BCUT2D eigenvalue weighted by Gasteiger charge is 2.18. The summed E-state index contributed by atoms with van der Waals surface area (Å²) in [6.45, 7) is 0. The van der Waals surface area contributed by atoms with Gasteiger partial charge in [-0.2, -0.15) is 0 Å². The quantitative estimate of drug-likeness (QED) is 0.176. The Hall–Kier alpha value is -7.17. The average molecular weight is 678 g/mol. The van der Waals surface area contributed by atoms with Crippen molar-refractivity contribution in [2.75, 3.05) is 0 Å². The fourth-order valence-electron chi connectivity index (χ4n) is 7.29. The van der Waals surface area contributed by atoms with E-state index in [2.05, 4.69) is 152 Å². The van der Waals surface area contributed by atoms with Gasteiger partial charge < -0.3 is 4.42 Å². The van der Waals surface area contributed by atoms with E-state index in [0.29, 0.717) is 17.5 Å². The molecule has 0 aliphatic heterocycles. The van der Waals surface area contributed by atoms with Crippen molar-refractivity contribution in [3.8, 4) is 67.5 Å². The van der Waals surface area contributed by atoms with E-state index in [9.17, 15) is 0 Å². The first-order chi connectivity index (χ1) is 26.2. The molecular formula is C49H31N3O. The van der Waals surface area contributed by atoms with Crippen LogP contribution in [0.3, 0.4) is 0 Å². The van der Waals surface area contributed by atoms with Crippen LogP contribution in [0, 0.1) is 0 Å². The highest BCUT2D eigenvalue weighted by Crippen LogP contribution is 2.41. The fraction of sp³-hybridized carbons (Fsp3) is 0. The van der Waals surface area contributed by atoms with E-state index in [0.717, 1.165) is 66.1 Å². The molecule has 0 atom stereocenters. The maximum Gasteiger partial charge on any atom is 0.164 e. The number of hydrogen-bond donors (Lipinski definition) is 0.